The summed E-state index contributed by atoms with van der Waals surface area (Å²) in [6.45, 7) is 6.59. The first-order valence-electron chi connectivity index (χ1n) is 9.94. The summed E-state index contributed by atoms with van der Waals surface area (Å²) in [5, 5.41) is 0. The molecule has 2 N–H and O–H groups in total. The Labute approximate surface area is 165 Å². The molecular formula is C19H30N4O5. The number of nitrogens with zero attached hydrogens (tertiary/aromatic N) is 3. The molecule has 0 saturated carbocycles. The van der Waals surface area contributed by atoms with Crippen molar-refractivity contribution < 1.29 is 23.9 Å². The molecule has 4 amide bonds. The van der Waals surface area contributed by atoms with Crippen molar-refractivity contribution in [3.05, 3.63) is 0 Å². The van der Waals surface area contributed by atoms with E-state index < -0.39 is 29.2 Å². The van der Waals surface area contributed by atoms with Crippen molar-refractivity contribution in [3.8, 4) is 0 Å². The van der Waals surface area contributed by atoms with E-state index in [2.05, 4.69) is 0 Å². The highest BCUT2D eigenvalue weighted by Crippen LogP contribution is 2.40. The van der Waals surface area contributed by atoms with E-state index in [0.29, 0.717) is 38.9 Å². The molecule has 3 aliphatic rings. The van der Waals surface area contributed by atoms with Gasteiger partial charge in [0.15, 0.2) is 0 Å². The van der Waals surface area contributed by atoms with Gasteiger partial charge in [-0.05, 0) is 52.9 Å². The van der Waals surface area contributed by atoms with Crippen molar-refractivity contribution in [2.45, 2.75) is 70.1 Å². The van der Waals surface area contributed by atoms with E-state index >= 15 is 0 Å². The summed E-state index contributed by atoms with van der Waals surface area (Å²) in [5.41, 5.74) is 3.70. The monoisotopic (exact) mass is 394 g/mol. The van der Waals surface area contributed by atoms with Crippen molar-refractivity contribution in [3.63, 3.8) is 0 Å². The molecular weight excluding hydrogens is 364 g/mol. The van der Waals surface area contributed by atoms with Gasteiger partial charge in [-0.3, -0.25) is 19.3 Å². The summed E-state index contributed by atoms with van der Waals surface area (Å²) in [6, 6.07) is -0.609. The zero-order chi connectivity index (χ0) is 20.7. The number of hydrogen-bond donors (Lipinski definition) is 1. The van der Waals surface area contributed by atoms with Crippen LogP contribution in [-0.4, -0.2) is 81.9 Å². The van der Waals surface area contributed by atoms with Gasteiger partial charge in [-0.2, -0.15) is 0 Å². The molecule has 0 aromatic rings. The van der Waals surface area contributed by atoms with Crippen LogP contribution in [0.1, 0.15) is 52.9 Å². The Morgan fingerprint density at radius 3 is 2.50 bits per heavy atom. The number of carbonyl (C=O) groups is 4. The van der Waals surface area contributed by atoms with Gasteiger partial charge in [0.25, 0.3) is 0 Å². The molecule has 3 aliphatic heterocycles. The van der Waals surface area contributed by atoms with Gasteiger partial charge < -0.3 is 20.3 Å². The van der Waals surface area contributed by atoms with Crippen LogP contribution in [0, 0.1) is 0 Å². The fourth-order valence-corrected chi connectivity index (χ4v) is 4.59. The van der Waals surface area contributed by atoms with E-state index in [-0.39, 0.29) is 18.4 Å². The molecule has 0 aromatic heterocycles. The zero-order valence-corrected chi connectivity index (χ0v) is 16.9. The highest BCUT2D eigenvalue weighted by Gasteiger charge is 2.56. The molecule has 3 fully saturated rings. The first-order chi connectivity index (χ1) is 13.0. The first kappa shape index (κ1) is 20.4. The van der Waals surface area contributed by atoms with E-state index in [1.807, 2.05) is 0 Å². The maximum Gasteiger partial charge on any atom is 0.410 e. The zero-order valence-electron chi connectivity index (χ0n) is 16.9. The number of rotatable bonds is 3. The van der Waals surface area contributed by atoms with Crippen LogP contribution in [0.15, 0.2) is 0 Å². The SMILES string of the molecule is CC(C)(C)OC(=O)N1CCCC1C(=O)N1CCCC12CCN(CC(N)=O)C2=O. The summed E-state index contributed by atoms with van der Waals surface area (Å²) in [7, 11) is 0. The highest BCUT2D eigenvalue weighted by molar-refractivity contribution is 5.97. The summed E-state index contributed by atoms with van der Waals surface area (Å²) in [6.07, 6.45) is 2.57. The molecule has 0 aromatic carbocycles. The second-order valence-corrected chi connectivity index (χ2v) is 8.90. The van der Waals surface area contributed by atoms with Crippen LogP contribution in [0.5, 0.6) is 0 Å². The Kier molecular flexibility index (Phi) is 5.29. The molecule has 9 nitrogen and oxygen atoms in total. The molecule has 0 radical (unpaired) electrons. The first-order valence-corrected chi connectivity index (χ1v) is 9.94. The van der Waals surface area contributed by atoms with Gasteiger partial charge in [0, 0.05) is 19.6 Å². The number of nitrogens with two attached hydrogens (primary N) is 1. The standard InChI is InChI=1S/C19H30N4O5/c1-18(2,3)28-17(27)22-9-4-6-13(22)15(25)23-10-5-7-19(23)8-11-21(16(19)26)12-14(20)24/h13H,4-12H2,1-3H3,(H2,20,24). The molecule has 9 heteroatoms. The van der Waals surface area contributed by atoms with Gasteiger partial charge in [-0.1, -0.05) is 0 Å². The number of hydrogen-bond acceptors (Lipinski definition) is 5. The normalized spacial score (nSPS) is 27.8. The third-order valence-corrected chi connectivity index (χ3v) is 5.75. The van der Waals surface area contributed by atoms with Crippen LogP contribution in [0.4, 0.5) is 4.79 Å². The largest absolute Gasteiger partial charge is 0.444 e. The molecule has 2 atom stereocenters. The van der Waals surface area contributed by atoms with Gasteiger partial charge in [0.1, 0.15) is 17.2 Å². The molecule has 1 spiro atoms. The van der Waals surface area contributed by atoms with Gasteiger partial charge in [-0.15, -0.1) is 0 Å². The van der Waals surface area contributed by atoms with Crippen LogP contribution in [0.2, 0.25) is 0 Å². The summed E-state index contributed by atoms with van der Waals surface area (Å²) >= 11 is 0. The average molecular weight is 394 g/mol. The lowest BCUT2D eigenvalue weighted by molar-refractivity contribution is -0.149. The van der Waals surface area contributed by atoms with E-state index in [0.717, 1.165) is 12.8 Å². The fourth-order valence-electron chi connectivity index (χ4n) is 4.59. The predicted molar refractivity (Wildman–Crippen MR) is 100 cm³/mol. The quantitative estimate of drug-likeness (QED) is 0.747. The maximum atomic E-state index is 13.4. The predicted octanol–water partition coefficient (Wildman–Crippen LogP) is 0.465. The lowest BCUT2D eigenvalue weighted by Crippen LogP contribution is -2.58. The second kappa shape index (κ2) is 7.25. The summed E-state index contributed by atoms with van der Waals surface area (Å²) in [4.78, 5) is 54.8. The van der Waals surface area contributed by atoms with E-state index in [4.69, 9.17) is 10.5 Å². The Bertz CT molecular complexity index is 688. The number of amides is 4. The molecule has 3 rings (SSSR count). The van der Waals surface area contributed by atoms with E-state index in [1.54, 1.807) is 25.7 Å². The van der Waals surface area contributed by atoms with Gasteiger partial charge in [-0.25, -0.2) is 4.79 Å². The lowest BCUT2D eigenvalue weighted by Gasteiger charge is -2.37. The summed E-state index contributed by atoms with van der Waals surface area (Å²) in [5.74, 6) is -0.970. The molecule has 3 saturated heterocycles. The molecule has 0 bridgehead atoms. The Hall–Kier alpha value is -2.32. The lowest BCUT2D eigenvalue weighted by atomic mass is 9.93. The second-order valence-electron chi connectivity index (χ2n) is 8.90. The van der Waals surface area contributed by atoms with Crippen molar-refractivity contribution in [1.29, 1.82) is 0 Å². The number of ether oxygens (including phenoxy) is 1. The van der Waals surface area contributed by atoms with Crippen LogP contribution in [0.3, 0.4) is 0 Å². The minimum Gasteiger partial charge on any atom is -0.444 e. The van der Waals surface area contributed by atoms with Crippen molar-refractivity contribution >= 4 is 23.8 Å². The van der Waals surface area contributed by atoms with Crippen LogP contribution in [-0.2, 0) is 19.1 Å². The highest BCUT2D eigenvalue weighted by atomic mass is 16.6. The van der Waals surface area contributed by atoms with E-state index in [9.17, 15) is 19.2 Å². The minimum atomic E-state index is -0.908. The molecule has 2 unspecified atom stereocenters. The van der Waals surface area contributed by atoms with Crippen molar-refractivity contribution in [2.24, 2.45) is 5.73 Å². The average Bonchev–Trinajstić information content (AvgIpc) is 3.28. The molecule has 3 heterocycles. The smallest absolute Gasteiger partial charge is 0.410 e. The minimum absolute atomic E-state index is 0.129. The number of primary amides is 1. The summed E-state index contributed by atoms with van der Waals surface area (Å²) < 4.78 is 5.45. The number of likely N-dealkylation sites (tertiary alicyclic amines) is 3. The Balaban J connectivity index is 1.77. The maximum absolute atomic E-state index is 13.4. The van der Waals surface area contributed by atoms with E-state index in [1.165, 1.54) is 9.80 Å². The topological polar surface area (TPSA) is 113 Å². The van der Waals surface area contributed by atoms with Gasteiger partial charge in [0.2, 0.25) is 17.7 Å². The molecule has 0 aliphatic carbocycles. The number of carbonyl (C=O) groups excluding carboxylic acids is 4. The third kappa shape index (κ3) is 3.66. The van der Waals surface area contributed by atoms with Crippen molar-refractivity contribution in [1.82, 2.24) is 14.7 Å². The molecule has 156 valence electrons. The third-order valence-electron chi connectivity index (χ3n) is 5.75. The van der Waals surface area contributed by atoms with Crippen molar-refractivity contribution in [2.75, 3.05) is 26.2 Å². The van der Waals surface area contributed by atoms with Crippen LogP contribution in [0.25, 0.3) is 0 Å². The van der Waals surface area contributed by atoms with Gasteiger partial charge in [0.05, 0.1) is 6.54 Å². The Morgan fingerprint density at radius 2 is 1.86 bits per heavy atom. The fraction of sp³-hybridized carbons (Fsp3) is 0.789. The van der Waals surface area contributed by atoms with Gasteiger partial charge >= 0.3 is 6.09 Å². The van der Waals surface area contributed by atoms with Crippen LogP contribution >= 0.6 is 0 Å². The molecule has 28 heavy (non-hydrogen) atoms. The van der Waals surface area contributed by atoms with Crippen LogP contribution < -0.4 is 5.73 Å². The Morgan fingerprint density at radius 1 is 1.14 bits per heavy atom.